The van der Waals surface area contributed by atoms with E-state index in [1.807, 2.05) is 36.4 Å². The van der Waals surface area contributed by atoms with Crippen LogP contribution in [-0.2, 0) is 0 Å². The van der Waals surface area contributed by atoms with E-state index in [1.54, 1.807) is 13.3 Å². The van der Waals surface area contributed by atoms with Crippen molar-refractivity contribution in [3.8, 4) is 5.75 Å². The standard InChI is InChI=1S/C11H11N3O/c1-15-10-6-4-9(5-7-10)13-11-3-2-8-12-14-11/h2-8H,1H3,(H,13,14). The molecule has 0 unspecified atom stereocenters. The van der Waals surface area contributed by atoms with Crippen LogP contribution in [0.4, 0.5) is 11.5 Å². The fourth-order valence-electron chi connectivity index (χ4n) is 1.19. The second-order valence-corrected chi connectivity index (χ2v) is 2.96. The van der Waals surface area contributed by atoms with E-state index in [2.05, 4.69) is 15.5 Å². The SMILES string of the molecule is COc1ccc(Nc2cccnn2)cc1. The van der Waals surface area contributed by atoms with Gasteiger partial charge in [0.25, 0.3) is 0 Å². The Kier molecular flexibility index (Phi) is 2.78. The second kappa shape index (κ2) is 4.41. The highest BCUT2D eigenvalue weighted by Gasteiger charge is 1.95. The van der Waals surface area contributed by atoms with Crippen LogP contribution in [0.2, 0.25) is 0 Å². The first-order chi connectivity index (χ1) is 7.38. The molecule has 1 N–H and O–H groups in total. The van der Waals surface area contributed by atoms with Crippen molar-refractivity contribution in [1.29, 1.82) is 0 Å². The number of rotatable bonds is 3. The molecule has 0 saturated heterocycles. The van der Waals surface area contributed by atoms with Gasteiger partial charge in [0, 0.05) is 11.9 Å². The Hall–Kier alpha value is -2.10. The maximum absolute atomic E-state index is 5.06. The van der Waals surface area contributed by atoms with E-state index in [4.69, 9.17) is 4.74 Å². The van der Waals surface area contributed by atoms with Gasteiger partial charge in [0.2, 0.25) is 0 Å². The van der Waals surface area contributed by atoms with Crippen LogP contribution in [-0.4, -0.2) is 17.3 Å². The summed E-state index contributed by atoms with van der Waals surface area (Å²) in [7, 11) is 1.64. The summed E-state index contributed by atoms with van der Waals surface area (Å²) in [4.78, 5) is 0. The van der Waals surface area contributed by atoms with Crippen LogP contribution in [0.5, 0.6) is 5.75 Å². The van der Waals surface area contributed by atoms with E-state index >= 15 is 0 Å². The smallest absolute Gasteiger partial charge is 0.153 e. The van der Waals surface area contributed by atoms with Crippen molar-refractivity contribution in [2.75, 3.05) is 12.4 Å². The van der Waals surface area contributed by atoms with Crippen LogP contribution in [0.15, 0.2) is 42.6 Å². The zero-order chi connectivity index (χ0) is 10.5. The van der Waals surface area contributed by atoms with Gasteiger partial charge in [0.05, 0.1) is 7.11 Å². The lowest BCUT2D eigenvalue weighted by Gasteiger charge is -2.05. The summed E-state index contributed by atoms with van der Waals surface area (Å²) < 4.78 is 5.06. The summed E-state index contributed by atoms with van der Waals surface area (Å²) in [6.45, 7) is 0. The van der Waals surface area contributed by atoms with Crippen LogP contribution in [0.3, 0.4) is 0 Å². The quantitative estimate of drug-likeness (QED) is 0.827. The van der Waals surface area contributed by atoms with Crippen molar-refractivity contribution < 1.29 is 4.74 Å². The van der Waals surface area contributed by atoms with E-state index in [0.29, 0.717) is 0 Å². The summed E-state index contributed by atoms with van der Waals surface area (Å²) in [5, 5.41) is 10.8. The van der Waals surface area contributed by atoms with E-state index in [0.717, 1.165) is 17.3 Å². The van der Waals surface area contributed by atoms with E-state index in [-0.39, 0.29) is 0 Å². The number of nitrogens with one attached hydrogen (secondary N) is 1. The number of hydrogen-bond donors (Lipinski definition) is 1. The number of methoxy groups -OCH3 is 1. The highest BCUT2D eigenvalue weighted by Crippen LogP contribution is 2.17. The summed E-state index contributed by atoms with van der Waals surface area (Å²) in [6.07, 6.45) is 1.64. The van der Waals surface area contributed by atoms with Crippen molar-refractivity contribution in [3.63, 3.8) is 0 Å². The van der Waals surface area contributed by atoms with Crippen LogP contribution in [0.1, 0.15) is 0 Å². The molecule has 0 aliphatic rings. The van der Waals surface area contributed by atoms with Gasteiger partial charge in [-0.1, -0.05) is 0 Å². The Morgan fingerprint density at radius 2 is 1.93 bits per heavy atom. The first kappa shape index (κ1) is 9.45. The molecule has 0 bridgehead atoms. The van der Waals surface area contributed by atoms with Gasteiger partial charge in [-0.3, -0.25) is 0 Å². The minimum absolute atomic E-state index is 0.725. The summed E-state index contributed by atoms with van der Waals surface area (Å²) in [5.41, 5.74) is 0.955. The van der Waals surface area contributed by atoms with Gasteiger partial charge in [-0.2, -0.15) is 5.10 Å². The molecule has 0 amide bonds. The fourth-order valence-corrected chi connectivity index (χ4v) is 1.19. The molecular formula is C11H11N3O. The lowest BCUT2D eigenvalue weighted by molar-refractivity contribution is 0.415. The van der Waals surface area contributed by atoms with Gasteiger partial charge >= 0.3 is 0 Å². The molecule has 1 aromatic heterocycles. The largest absolute Gasteiger partial charge is 0.497 e. The first-order valence-corrected chi connectivity index (χ1v) is 4.57. The van der Waals surface area contributed by atoms with Crippen LogP contribution in [0.25, 0.3) is 0 Å². The molecule has 0 fully saturated rings. The third kappa shape index (κ3) is 2.43. The maximum atomic E-state index is 5.06. The molecular weight excluding hydrogens is 190 g/mol. The Morgan fingerprint density at radius 3 is 2.53 bits per heavy atom. The number of ether oxygens (including phenoxy) is 1. The minimum atomic E-state index is 0.725. The van der Waals surface area contributed by atoms with Crippen LogP contribution < -0.4 is 10.1 Å². The average Bonchev–Trinajstić information content (AvgIpc) is 2.31. The Labute approximate surface area is 87.9 Å². The molecule has 0 saturated carbocycles. The predicted molar refractivity (Wildman–Crippen MR) is 58.3 cm³/mol. The molecule has 15 heavy (non-hydrogen) atoms. The Balaban J connectivity index is 2.11. The van der Waals surface area contributed by atoms with Gasteiger partial charge in [0.15, 0.2) is 5.82 Å². The van der Waals surface area contributed by atoms with Crippen molar-refractivity contribution in [2.24, 2.45) is 0 Å². The molecule has 1 aromatic carbocycles. The molecule has 76 valence electrons. The van der Waals surface area contributed by atoms with E-state index < -0.39 is 0 Å². The Morgan fingerprint density at radius 1 is 1.13 bits per heavy atom. The number of benzene rings is 1. The topological polar surface area (TPSA) is 47.0 Å². The van der Waals surface area contributed by atoms with Crippen molar-refractivity contribution in [2.45, 2.75) is 0 Å². The molecule has 0 spiro atoms. The van der Waals surface area contributed by atoms with Crippen molar-refractivity contribution in [3.05, 3.63) is 42.6 Å². The van der Waals surface area contributed by atoms with Gasteiger partial charge < -0.3 is 10.1 Å². The second-order valence-electron chi connectivity index (χ2n) is 2.96. The van der Waals surface area contributed by atoms with Gasteiger partial charge in [-0.15, -0.1) is 5.10 Å². The number of aromatic nitrogens is 2. The molecule has 2 rings (SSSR count). The lowest BCUT2D eigenvalue weighted by Crippen LogP contribution is -1.94. The zero-order valence-electron chi connectivity index (χ0n) is 8.34. The van der Waals surface area contributed by atoms with E-state index in [1.165, 1.54) is 0 Å². The molecule has 0 aliphatic carbocycles. The summed E-state index contributed by atoms with van der Waals surface area (Å²) >= 11 is 0. The van der Waals surface area contributed by atoms with Crippen molar-refractivity contribution in [1.82, 2.24) is 10.2 Å². The molecule has 0 atom stereocenters. The minimum Gasteiger partial charge on any atom is -0.497 e. The third-order valence-electron chi connectivity index (χ3n) is 1.93. The molecule has 0 aliphatic heterocycles. The molecule has 1 heterocycles. The number of nitrogens with zero attached hydrogens (tertiary/aromatic N) is 2. The fraction of sp³-hybridized carbons (Fsp3) is 0.0909. The zero-order valence-corrected chi connectivity index (χ0v) is 8.34. The maximum Gasteiger partial charge on any atom is 0.153 e. The summed E-state index contributed by atoms with van der Waals surface area (Å²) in [5.74, 6) is 1.56. The number of anilines is 2. The molecule has 2 aromatic rings. The normalized spacial score (nSPS) is 9.67. The predicted octanol–water partition coefficient (Wildman–Crippen LogP) is 2.23. The van der Waals surface area contributed by atoms with Gasteiger partial charge in [0.1, 0.15) is 5.75 Å². The van der Waals surface area contributed by atoms with Crippen molar-refractivity contribution >= 4 is 11.5 Å². The van der Waals surface area contributed by atoms with E-state index in [9.17, 15) is 0 Å². The molecule has 0 radical (unpaired) electrons. The monoisotopic (exact) mass is 201 g/mol. The molecule has 4 nitrogen and oxygen atoms in total. The van der Waals surface area contributed by atoms with Gasteiger partial charge in [-0.05, 0) is 36.4 Å². The first-order valence-electron chi connectivity index (χ1n) is 4.57. The van der Waals surface area contributed by atoms with Crippen LogP contribution >= 0.6 is 0 Å². The summed E-state index contributed by atoms with van der Waals surface area (Å²) in [6, 6.07) is 11.3. The lowest BCUT2D eigenvalue weighted by atomic mass is 10.3. The number of hydrogen-bond acceptors (Lipinski definition) is 4. The average molecular weight is 201 g/mol. The van der Waals surface area contributed by atoms with Gasteiger partial charge in [-0.25, -0.2) is 0 Å². The van der Waals surface area contributed by atoms with Crippen LogP contribution in [0, 0.1) is 0 Å². The Bertz CT molecular complexity index is 414. The highest BCUT2D eigenvalue weighted by atomic mass is 16.5. The third-order valence-corrected chi connectivity index (χ3v) is 1.93. The molecule has 4 heteroatoms. The highest BCUT2D eigenvalue weighted by molar-refractivity contribution is 5.56.